The fourth-order valence-corrected chi connectivity index (χ4v) is 2.21. The number of nitrogens with two attached hydrogens (primary N) is 1. The lowest BCUT2D eigenvalue weighted by Gasteiger charge is -2.19. The SMILES string of the molecule is CCCCCNC(=O)OC(C)(C)C.COc1ccc(Nc2ncccc2N)cc1. The summed E-state index contributed by atoms with van der Waals surface area (Å²) in [6.45, 7) is 8.42. The van der Waals surface area contributed by atoms with Crippen LogP contribution in [0.25, 0.3) is 0 Å². The fraction of sp³-hybridized carbons (Fsp3) is 0.455. The summed E-state index contributed by atoms with van der Waals surface area (Å²) in [5.41, 5.74) is 6.93. The highest BCUT2D eigenvalue weighted by molar-refractivity contribution is 5.68. The molecular formula is C22H34N4O3. The highest BCUT2D eigenvalue weighted by atomic mass is 16.6. The number of nitrogens with one attached hydrogen (secondary N) is 2. The molecule has 2 aromatic rings. The number of rotatable bonds is 7. The molecule has 7 heteroatoms. The van der Waals surface area contributed by atoms with Crippen molar-refractivity contribution < 1.29 is 14.3 Å². The number of hydrogen-bond donors (Lipinski definition) is 3. The van der Waals surface area contributed by atoms with Gasteiger partial charge >= 0.3 is 6.09 Å². The van der Waals surface area contributed by atoms with Gasteiger partial charge in [-0.15, -0.1) is 0 Å². The molecule has 2 rings (SSSR count). The number of benzene rings is 1. The van der Waals surface area contributed by atoms with Crippen LogP contribution in [0.5, 0.6) is 5.75 Å². The van der Waals surface area contributed by atoms with E-state index in [-0.39, 0.29) is 6.09 Å². The van der Waals surface area contributed by atoms with E-state index in [1.165, 1.54) is 0 Å². The number of amides is 1. The number of hydrogen-bond acceptors (Lipinski definition) is 6. The van der Waals surface area contributed by atoms with Crippen LogP contribution in [-0.4, -0.2) is 30.3 Å². The van der Waals surface area contributed by atoms with Crippen molar-refractivity contribution in [3.63, 3.8) is 0 Å². The number of unbranched alkanes of at least 4 members (excludes halogenated alkanes) is 2. The second-order valence-corrected chi connectivity index (χ2v) is 7.43. The van der Waals surface area contributed by atoms with Crippen LogP contribution < -0.4 is 21.1 Å². The smallest absolute Gasteiger partial charge is 0.407 e. The van der Waals surface area contributed by atoms with E-state index in [2.05, 4.69) is 22.5 Å². The summed E-state index contributed by atoms with van der Waals surface area (Å²) in [7, 11) is 1.64. The predicted molar refractivity (Wildman–Crippen MR) is 119 cm³/mol. The molecule has 0 spiro atoms. The lowest BCUT2D eigenvalue weighted by Crippen LogP contribution is -2.32. The molecule has 0 saturated carbocycles. The molecule has 0 radical (unpaired) electrons. The van der Waals surface area contributed by atoms with Gasteiger partial charge in [0.2, 0.25) is 0 Å². The first kappa shape index (κ1) is 24.1. The Hall–Kier alpha value is -2.96. The van der Waals surface area contributed by atoms with E-state index in [1.54, 1.807) is 25.4 Å². The summed E-state index contributed by atoms with van der Waals surface area (Å²) in [5.74, 6) is 1.48. The van der Waals surface area contributed by atoms with E-state index in [0.717, 1.165) is 30.7 Å². The topological polar surface area (TPSA) is 98.5 Å². The highest BCUT2D eigenvalue weighted by Gasteiger charge is 2.15. The molecular weight excluding hydrogens is 368 g/mol. The zero-order chi connectivity index (χ0) is 21.7. The van der Waals surface area contributed by atoms with Gasteiger partial charge in [-0.05, 0) is 63.6 Å². The van der Waals surface area contributed by atoms with Crippen molar-refractivity contribution in [2.75, 3.05) is 24.7 Å². The van der Waals surface area contributed by atoms with Crippen molar-refractivity contribution in [2.45, 2.75) is 52.6 Å². The summed E-state index contributed by atoms with van der Waals surface area (Å²) in [6.07, 6.45) is 4.72. The van der Waals surface area contributed by atoms with Gasteiger partial charge in [0.25, 0.3) is 0 Å². The number of pyridine rings is 1. The van der Waals surface area contributed by atoms with Crippen LogP contribution >= 0.6 is 0 Å². The Morgan fingerprint density at radius 2 is 1.83 bits per heavy atom. The van der Waals surface area contributed by atoms with E-state index in [1.807, 2.05) is 45.0 Å². The van der Waals surface area contributed by atoms with E-state index in [0.29, 0.717) is 18.1 Å². The Morgan fingerprint density at radius 3 is 2.38 bits per heavy atom. The van der Waals surface area contributed by atoms with Gasteiger partial charge in [0.15, 0.2) is 5.82 Å². The van der Waals surface area contributed by atoms with Crippen LogP contribution in [0.3, 0.4) is 0 Å². The van der Waals surface area contributed by atoms with Crippen molar-refractivity contribution in [3.8, 4) is 5.75 Å². The third-order valence-corrected chi connectivity index (χ3v) is 3.64. The van der Waals surface area contributed by atoms with Crippen molar-refractivity contribution in [1.82, 2.24) is 10.3 Å². The number of anilines is 3. The first-order valence-corrected chi connectivity index (χ1v) is 9.83. The maximum atomic E-state index is 11.1. The van der Waals surface area contributed by atoms with Crippen LogP contribution in [0, 0.1) is 0 Å². The lowest BCUT2D eigenvalue weighted by molar-refractivity contribution is 0.0527. The molecule has 29 heavy (non-hydrogen) atoms. The van der Waals surface area contributed by atoms with Crippen molar-refractivity contribution in [2.24, 2.45) is 0 Å². The molecule has 7 nitrogen and oxygen atoms in total. The van der Waals surface area contributed by atoms with Crippen molar-refractivity contribution in [1.29, 1.82) is 0 Å². The quantitative estimate of drug-likeness (QED) is 0.556. The number of nitrogen functional groups attached to an aromatic ring is 1. The van der Waals surface area contributed by atoms with Crippen LogP contribution in [0.1, 0.15) is 47.0 Å². The molecule has 0 aliphatic rings. The zero-order valence-corrected chi connectivity index (χ0v) is 18.1. The van der Waals surface area contributed by atoms with Gasteiger partial charge in [-0.1, -0.05) is 19.8 Å². The Labute approximate surface area is 174 Å². The Morgan fingerprint density at radius 1 is 1.14 bits per heavy atom. The number of methoxy groups -OCH3 is 1. The maximum Gasteiger partial charge on any atom is 0.407 e. The minimum Gasteiger partial charge on any atom is -0.497 e. The average Bonchev–Trinajstić information content (AvgIpc) is 2.67. The molecule has 0 unspecified atom stereocenters. The number of nitrogens with zero attached hydrogens (tertiary/aromatic N) is 1. The maximum absolute atomic E-state index is 11.1. The lowest BCUT2D eigenvalue weighted by atomic mass is 10.2. The molecule has 160 valence electrons. The van der Waals surface area contributed by atoms with Gasteiger partial charge in [-0.2, -0.15) is 0 Å². The number of carbonyl (C=O) groups is 1. The first-order chi connectivity index (χ1) is 13.7. The molecule has 0 bridgehead atoms. The fourth-order valence-electron chi connectivity index (χ4n) is 2.21. The van der Waals surface area contributed by atoms with Gasteiger partial charge in [-0.25, -0.2) is 9.78 Å². The second kappa shape index (κ2) is 12.5. The summed E-state index contributed by atoms with van der Waals surface area (Å²) in [4.78, 5) is 15.2. The summed E-state index contributed by atoms with van der Waals surface area (Å²) in [5, 5.41) is 5.84. The monoisotopic (exact) mass is 402 g/mol. The van der Waals surface area contributed by atoms with Crippen LogP contribution in [-0.2, 0) is 4.74 Å². The molecule has 1 heterocycles. The highest BCUT2D eigenvalue weighted by Crippen LogP contribution is 2.21. The molecule has 1 aromatic carbocycles. The standard InChI is InChI=1S/C12H13N3O.C10H21NO2/c1-16-10-6-4-9(5-7-10)15-12-11(13)3-2-8-14-12;1-5-6-7-8-11-9(12)13-10(2,3)4/h2-8H,13H2,1H3,(H,14,15);5-8H2,1-4H3,(H,11,12). The molecule has 0 aliphatic carbocycles. The molecule has 1 amide bonds. The third-order valence-electron chi connectivity index (χ3n) is 3.64. The number of ether oxygens (including phenoxy) is 2. The molecule has 0 atom stereocenters. The van der Waals surface area contributed by atoms with E-state index < -0.39 is 5.60 Å². The van der Waals surface area contributed by atoms with Gasteiger partial charge in [0.05, 0.1) is 12.8 Å². The number of alkyl carbamates (subject to hydrolysis) is 1. The summed E-state index contributed by atoms with van der Waals surface area (Å²) in [6, 6.07) is 11.2. The van der Waals surface area contributed by atoms with Gasteiger partial charge < -0.3 is 25.8 Å². The van der Waals surface area contributed by atoms with Gasteiger partial charge in [-0.3, -0.25) is 0 Å². The minimum atomic E-state index is -0.394. The molecule has 0 fully saturated rings. The largest absolute Gasteiger partial charge is 0.497 e. The van der Waals surface area contributed by atoms with Gasteiger partial charge in [0.1, 0.15) is 11.4 Å². The van der Waals surface area contributed by atoms with E-state index >= 15 is 0 Å². The Bertz CT molecular complexity index is 728. The normalized spacial score (nSPS) is 10.4. The number of carbonyl (C=O) groups excluding carboxylic acids is 1. The Balaban J connectivity index is 0.000000298. The Kier molecular flexibility index (Phi) is 10.4. The van der Waals surface area contributed by atoms with Crippen LogP contribution in [0.2, 0.25) is 0 Å². The minimum absolute atomic E-state index is 0.316. The molecule has 0 aliphatic heterocycles. The van der Waals surface area contributed by atoms with Crippen LogP contribution in [0.15, 0.2) is 42.6 Å². The van der Waals surface area contributed by atoms with Gasteiger partial charge in [0, 0.05) is 18.4 Å². The molecule has 1 aromatic heterocycles. The number of aromatic nitrogens is 1. The van der Waals surface area contributed by atoms with E-state index in [9.17, 15) is 4.79 Å². The second-order valence-electron chi connectivity index (χ2n) is 7.43. The van der Waals surface area contributed by atoms with Crippen LogP contribution in [0.4, 0.5) is 22.0 Å². The molecule has 4 N–H and O–H groups in total. The predicted octanol–water partition coefficient (Wildman–Crippen LogP) is 5.12. The molecule has 0 saturated heterocycles. The first-order valence-electron chi connectivity index (χ1n) is 9.83. The van der Waals surface area contributed by atoms with Crippen molar-refractivity contribution in [3.05, 3.63) is 42.6 Å². The summed E-state index contributed by atoms with van der Waals surface area (Å²) < 4.78 is 10.1. The third kappa shape index (κ3) is 10.8. The zero-order valence-electron chi connectivity index (χ0n) is 18.1. The van der Waals surface area contributed by atoms with Crippen molar-refractivity contribution >= 4 is 23.3 Å². The average molecular weight is 403 g/mol. The van der Waals surface area contributed by atoms with E-state index in [4.69, 9.17) is 15.2 Å². The summed E-state index contributed by atoms with van der Waals surface area (Å²) >= 11 is 0.